The van der Waals surface area contributed by atoms with Gasteiger partial charge in [-0.05, 0) is 85.4 Å². The van der Waals surface area contributed by atoms with E-state index < -0.39 is 4.92 Å². The Hall–Kier alpha value is -4.26. The number of ketones is 2. The number of carbonyl (C=O) groups is 3. The largest absolute Gasteiger partial charge is 0.462 e. The van der Waals surface area contributed by atoms with Gasteiger partial charge in [-0.3, -0.25) is 19.7 Å². The number of aromatic nitrogens is 1. The summed E-state index contributed by atoms with van der Waals surface area (Å²) in [6.45, 7) is 2.17. The molecule has 1 aliphatic rings. The predicted octanol–water partition coefficient (Wildman–Crippen LogP) is 7.14. The maximum absolute atomic E-state index is 11.1. The van der Waals surface area contributed by atoms with Gasteiger partial charge in [0.1, 0.15) is 0 Å². The third-order valence-corrected chi connectivity index (χ3v) is 6.74. The van der Waals surface area contributed by atoms with Gasteiger partial charge in [-0.15, -0.1) is 11.3 Å². The number of H-pyrrole nitrogens is 1. The maximum Gasteiger partial charge on any atom is 0.338 e. The van der Waals surface area contributed by atoms with Gasteiger partial charge >= 0.3 is 5.97 Å². The van der Waals surface area contributed by atoms with E-state index in [1.165, 1.54) is 41.1 Å². The van der Waals surface area contributed by atoms with Gasteiger partial charge in [0.2, 0.25) is 0 Å². The highest BCUT2D eigenvalue weighted by molar-refractivity contribution is 9.08. The van der Waals surface area contributed by atoms with Gasteiger partial charge in [0, 0.05) is 23.2 Å². The summed E-state index contributed by atoms with van der Waals surface area (Å²) in [5, 5.41) is 10.9. The van der Waals surface area contributed by atoms with Crippen molar-refractivity contribution < 1.29 is 24.0 Å². The standard InChI is InChI=1S/C9H11NO2.C7H6BrNO2.C7H5NS2.C6H4O2/c1-2-12-9(11)7-3-5-8(10)6-4-7;8-5-6-1-3-7(4-2-6)9(10)11;9-7-8-5-3-1-2-4-6(5)10-7;7-5-1-2-6(8)4-3-5/h3-6H,2,10H2,1H3;1-4H,5H2;1-4H,(H,8,9);1-4H. The smallest absolute Gasteiger partial charge is 0.338 e. The Morgan fingerprint density at radius 2 is 1.54 bits per heavy atom. The highest BCUT2D eigenvalue weighted by Gasteiger charge is 2.04. The van der Waals surface area contributed by atoms with Crippen LogP contribution in [0.2, 0.25) is 0 Å². The first-order valence-electron chi connectivity index (χ1n) is 12.0. The Morgan fingerprint density at radius 1 is 0.976 bits per heavy atom. The number of nitrogen functional groups attached to an aromatic ring is 1. The number of ether oxygens (including phenoxy) is 1. The zero-order valence-electron chi connectivity index (χ0n) is 21.8. The molecule has 0 fully saturated rings. The lowest BCUT2D eigenvalue weighted by Gasteiger charge is -2.00. The number of carbonyl (C=O) groups excluding carboxylic acids is 3. The van der Waals surface area contributed by atoms with Crippen LogP contribution in [0.5, 0.6) is 0 Å². The average molecular weight is 657 g/mol. The molecule has 0 bridgehead atoms. The minimum absolute atomic E-state index is 0.121. The Kier molecular flexibility index (Phi) is 14.0. The molecule has 0 saturated heterocycles. The van der Waals surface area contributed by atoms with Crippen LogP contribution in [0.1, 0.15) is 22.8 Å². The summed E-state index contributed by atoms with van der Waals surface area (Å²) in [5.74, 6) is -0.549. The van der Waals surface area contributed by atoms with Gasteiger partial charge in [0.05, 0.1) is 27.3 Å². The third kappa shape index (κ3) is 12.2. The van der Waals surface area contributed by atoms with Crippen LogP contribution in [-0.4, -0.2) is 34.0 Å². The lowest BCUT2D eigenvalue weighted by atomic mass is 10.2. The second kappa shape index (κ2) is 17.4. The topological polar surface area (TPSA) is 145 Å². The quantitative estimate of drug-likeness (QED) is 0.0448. The first-order chi connectivity index (χ1) is 19.6. The molecule has 5 rings (SSSR count). The molecule has 0 atom stereocenters. The summed E-state index contributed by atoms with van der Waals surface area (Å²) in [6, 6.07) is 21.2. The average Bonchev–Trinajstić information content (AvgIpc) is 3.36. The summed E-state index contributed by atoms with van der Waals surface area (Å²) in [5.41, 5.74) is 8.93. The monoisotopic (exact) mass is 655 g/mol. The highest BCUT2D eigenvalue weighted by atomic mass is 79.9. The van der Waals surface area contributed by atoms with Crippen molar-refractivity contribution in [3.05, 3.63) is 122 Å². The van der Waals surface area contributed by atoms with Crippen molar-refractivity contribution in [2.75, 3.05) is 12.3 Å². The van der Waals surface area contributed by atoms with Gasteiger partial charge < -0.3 is 15.5 Å². The summed E-state index contributed by atoms with van der Waals surface area (Å²) in [4.78, 5) is 44.5. The highest BCUT2D eigenvalue weighted by Crippen LogP contribution is 2.17. The van der Waals surface area contributed by atoms with Crippen LogP contribution in [0.15, 0.2) is 97.1 Å². The molecule has 4 aromatic rings. The van der Waals surface area contributed by atoms with Crippen molar-refractivity contribution in [2.45, 2.75) is 12.3 Å². The van der Waals surface area contributed by atoms with E-state index in [2.05, 4.69) is 27.0 Å². The van der Waals surface area contributed by atoms with Crippen LogP contribution < -0.4 is 5.73 Å². The first-order valence-corrected chi connectivity index (χ1v) is 14.3. The molecular weight excluding hydrogens is 630 g/mol. The number of hydrogen-bond acceptors (Lipinski definition) is 9. The predicted molar refractivity (Wildman–Crippen MR) is 168 cm³/mol. The maximum atomic E-state index is 11.1. The molecule has 0 unspecified atom stereocenters. The summed E-state index contributed by atoms with van der Waals surface area (Å²) in [6.07, 6.45) is 5.01. The number of rotatable bonds is 4. The van der Waals surface area contributed by atoms with Gasteiger partial charge in [-0.2, -0.15) is 0 Å². The number of nitrogens with one attached hydrogen (secondary N) is 1. The van der Waals surface area contributed by atoms with Crippen molar-refractivity contribution >= 4 is 78.6 Å². The van der Waals surface area contributed by atoms with Gasteiger partial charge in [0.15, 0.2) is 15.5 Å². The summed E-state index contributed by atoms with van der Waals surface area (Å²) in [7, 11) is 0. The number of nitro groups is 1. The molecule has 0 radical (unpaired) electrons. The molecule has 212 valence electrons. The fourth-order valence-electron chi connectivity index (χ4n) is 2.87. The van der Waals surface area contributed by atoms with Gasteiger partial charge in [-0.25, -0.2) is 4.79 Å². The lowest BCUT2D eigenvalue weighted by Crippen LogP contribution is -2.04. The Morgan fingerprint density at radius 3 is 2.02 bits per heavy atom. The number of thiazole rings is 1. The molecule has 1 aromatic heterocycles. The van der Waals surface area contributed by atoms with Crippen LogP contribution in [-0.2, 0) is 19.7 Å². The van der Waals surface area contributed by atoms with E-state index in [0.29, 0.717) is 17.9 Å². The fraction of sp³-hybridized carbons (Fsp3) is 0.103. The number of benzene rings is 3. The number of allylic oxidation sites excluding steroid dienone is 4. The number of halogens is 1. The van der Waals surface area contributed by atoms with E-state index in [4.69, 9.17) is 22.7 Å². The molecule has 0 spiro atoms. The van der Waals surface area contributed by atoms with Crippen LogP contribution in [0, 0.1) is 14.1 Å². The molecule has 3 aromatic carbocycles. The SMILES string of the molecule is CCOC(=O)c1ccc(N)cc1.O=C1C=CC(=O)C=C1.O=[N+]([O-])c1ccc(CBr)cc1.S=c1[nH]c2ccccc2s1. The van der Waals surface area contributed by atoms with E-state index in [0.717, 1.165) is 20.4 Å². The van der Waals surface area contributed by atoms with Crippen molar-refractivity contribution in [1.82, 2.24) is 4.98 Å². The zero-order chi connectivity index (χ0) is 30.2. The number of nitrogens with zero attached hydrogens (tertiary/aromatic N) is 1. The normalized spacial score (nSPS) is 11.3. The molecule has 3 N–H and O–H groups in total. The van der Waals surface area contributed by atoms with Crippen molar-refractivity contribution in [3.8, 4) is 0 Å². The van der Waals surface area contributed by atoms with Crippen molar-refractivity contribution in [3.63, 3.8) is 0 Å². The van der Waals surface area contributed by atoms with E-state index >= 15 is 0 Å². The van der Waals surface area contributed by atoms with Gasteiger partial charge in [-0.1, -0.05) is 40.2 Å². The number of fused-ring (bicyclic) bond motifs is 1. The number of hydrogen-bond donors (Lipinski definition) is 2. The van der Waals surface area contributed by atoms with Crippen LogP contribution in [0.3, 0.4) is 0 Å². The number of anilines is 1. The molecule has 1 aliphatic carbocycles. The van der Waals surface area contributed by atoms with E-state index in [-0.39, 0.29) is 23.2 Å². The Labute approximate surface area is 253 Å². The molecular formula is C29H26BrN3O6S2. The summed E-state index contributed by atoms with van der Waals surface area (Å²) < 4.78 is 6.87. The third-order valence-electron chi connectivity index (χ3n) is 4.87. The van der Waals surface area contributed by atoms with Gasteiger partial charge in [0.25, 0.3) is 5.69 Å². The fourth-order valence-corrected chi connectivity index (χ4v) is 4.36. The van der Waals surface area contributed by atoms with E-state index in [1.54, 1.807) is 54.7 Å². The number of nitro benzene ring substituents is 1. The molecule has 0 amide bonds. The molecule has 12 heteroatoms. The van der Waals surface area contributed by atoms with Crippen LogP contribution in [0.25, 0.3) is 10.2 Å². The minimum atomic E-state index is -0.405. The summed E-state index contributed by atoms with van der Waals surface area (Å²) >= 11 is 9.84. The van der Waals surface area contributed by atoms with Crippen molar-refractivity contribution in [1.29, 1.82) is 0 Å². The molecule has 41 heavy (non-hydrogen) atoms. The van der Waals surface area contributed by atoms with E-state index in [9.17, 15) is 24.5 Å². The van der Waals surface area contributed by atoms with Crippen LogP contribution >= 0.6 is 39.5 Å². The number of esters is 1. The second-order valence-electron chi connectivity index (χ2n) is 7.88. The second-order valence-corrected chi connectivity index (χ2v) is 10.2. The van der Waals surface area contributed by atoms with Crippen LogP contribution in [0.4, 0.5) is 11.4 Å². The molecule has 9 nitrogen and oxygen atoms in total. The molecule has 1 heterocycles. The number of para-hydroxylation sites is 1. The first kappa shape index (κ1) is 32.9. The Balaban J connectivity index is 0.000000193. The molecule has 0 saturated carbocycles. The number of aromatic amines is 1. The minimum Gasteiger partial charge on any atom is -0.462 e. The van der Waals surface area contributed by atoms with E-state index in [1.807, 2.05) is 18.2 Å². The number of alkyl halides is 1. The Bertz CT molecular complexity index is 1520. The number of nitrogens with two attached hydrogens (primary N) is 1. The zero-order valence-corrected chi connectivity index (χ0v) is 25.0. The molecule has 0 aliphatic heterocycles. The lowest BCUT2D eigenvalue weighted by molar-refractivity contribution is -0.384. The number of non-ortho nitro benzene ring substituents is 1. The van der Waals surface area contributed by atoms with Crippen molar-refractivity contribution in [2.24, 2.45) is 0 Å².